The van der Waals surface area contributed by atoms with Gasteiger partial charge in [0.05, 0.1) is 16.6 Å². The Balaban J connectivity index is 1.81. The minimum atomic E-state index is -3.32. The molecule has 0 heterocycles. The average molecular weight is 417 g/mol. The van der Waals surface area contributed by atoms with Crippen LogP contribution in [0.5, 0.6) is 0 Å². The molecule has 1 aliphatic carbocycles. The van der Waals surface area contributed by atoms with E-state index < -0.39 is 21.5 Å². The van der Waals surface area contributed by atoms with Gasteiger partial charge in [-0.25, -0.2) is 13.2 Å². The SMILES string of the molecule is CC(C)(C)OC(=O)Nc1ccc2c(c1)CCCC2Nc1ccccc1S(C)(=O)=O. The summed E-state index contributed by atoms with van der Waals surface area (Å²) in [6.07, 6.45) is 3.53. The maximum Gasteiger partial charge on any atom is 0.412 e. The number of sulfone groups is 1. The minimum absolute atomic E-state index is 0.0113. The predicted octanol–water partition coefficient (Wildman–Crippen LogP) is 4.93. The molecular weight excluding hydrogens is 388 g/mol. The summed E-state index contributed by atoms with van der Waals surface area (Å²) in [6, 6.07) is 12.8. The molecule has 0 radical (unpaired) electrons. The molecule has 156 valence electrons. The summed E-state index contributed by atoms with van der Waals surface area (Å²) in [6.45, 7) is 5.47. The zero-order valence-corrected chi connectivity index (χ0v) is 18.1. The smallest absolute Gasteiger partial charge is 0.412 e. The summed E-state index contributed by atoms with van der Waals surface area (Å²) >= 11 is 0. The number of aryl methyl sites for hydroxylation is 1. The van der Waals surface area contributed by atoms with Gasteiger partial charge in [-0.05, 0) is 75.4 Å². The van der Waals surface area contributed by atoms with Crippen LogP contribution in [0.3, 0.4) is 0 Å². The van der Waals surface area contributed by atoms with Gasteiger partial charge in [-0.15, -0.1) is 0 Å². The van der Waals surface area contributed by atoms with Gasteiger partial charge in [0.2, 0.25) is 0 Å². The second-order valence-corrected chi connectivity index (χ2v) is 10.4. The van der Waals surface area contributed by atoms with Gasteiger partial charge in [-0.3, -0.25) is 5.32 Å². The van der Waals surface area contributed by atoms with E-state index in [2.05, 4.69) is 10.6 Å². The molecule has 1 unspecified atom stereocenters. The number of rotatable bonds is 4. The van der Waals surface area contributed by atoms with Gasteiger partial charge in [0.25, 0.3) is 0 Å². The molecule has 2 aromatic carbocycles. The van der Waals surface area contributed by atoms with Crippen LogP contribution in [0.25, 0.3) is 0 Å². The summed E-state index contributed by atoms with van der Waals surface area (Å²) in [7, 11) is -3.32. The number of hydrogen-bond acceptors (Lipinski definition) is 5. The number of ether oxygens (including phenoxy) is 1. The van der Waals surface area contributed by atoms with E-state index in [1.165, 1.54) is 6.26 Å². The van der Waals surface area contributed by atoms with E-state index in [4.69, 9.17) is 4.74 Å². The summed E-state index contributed by atoms with van der Waals surface area (Å²) in [4.78, 5) is 12.3. The quantitative estimate of drug-likeness (QED) is 0.738. The summed E-state index contributed by atoms with van der Waals surface area (Å²) in [5.41, 5.74) is 3.01. The number of carbonyl (C=O) groups is 1. The molecule has 7 heteroatoms. The topological polar surface area (TPSA) is 84.5 Å². The molecule has 0 aliphatic heterocycles. The average Bonchev–Trinajstić information content (AvgIpc) is 2.59. The van der Waals surface area contributed by atoms with E-state index in [0.717, 1.165) is 30.4 Å². The molecule has 0 bridgehead atoms. The number of fused-ring (bicyclic) bond motifs is 1. The van der Waals surface area contributed by atoms with Crippen molar-refractivity contribution in [3.8, 4) is 0 Å². The lowest BCUT2D eigenvalue weighted by atomic mass is 9.87. The number of para-hydroxylation sites is 1. The highest BCUT2D eigenvalue weighted by Crippen LogP contribution is 2.35. The Morgan fingerprint density at radius 1 is 1.14 bits per heavy atom. The van der Waals surface area contributed by atoms with Crippen LogP contribution >= 0.6 is 0 Å². The number of amides is 1. The zero-order valence-electron chi connectivity index (χ0n) is 17.3. The van der Waals surface area contributed by atoms with Crippen LogP contribution in [0.2, 0.25) is 0 Å². The number of anilines is 2. The molecule has 0 saturated heterocycles. The van der Waals surface area contributed by atoms with Crippen LogP contribution in [0.15, 0.2) is 47.4 Å². The summed E-state index contributed by atoms with van der Waals surface area (Å²) in [5, 5.41) is 6.19. The number of carbonyl (C=O) groups excluding carboxylic acids is 1. The van der Waals surface area contributed by atoms with Gasteiger partial charge >= 0.3 is 6.09 Å². The van der Waals surface area contributed by atoms with E-state index >= 15 is 0 Å². The maximum absolute atomic E-state index is 12.1. The van der Waals surface area contributed by atoms with Crippen molar-refractivity contribution in [2.75, 3.05) is 16.9 Å². The van der Waals surface area contributed by atoms with Gasteiger partial charge in [-0.2, -0.15) is 0 Å². The first-order valence-corrected chi connectivity index (χ1v) is 11.6. The monoisotopic (exact) mass is 416 g/mol. The minimum Gasteiger partial charge on any atom is -0.444 e. The van der Waals surface area contributed by atoms with E-state index in [-0.39, 0.29) is 6.04 Å². The molecule has 1 amide bonds. The lowest BCUT2D eigenvalue weighted by molar-refractivity contribution is 0.0636. The van der Waals surface area contributed by atoms with Crippen LogP contribution in [-0.2, 0) is 21.0 Å². The Morgan fingerprint density at radius 3 is 2.55 bits per heavy atom. The number of nitrogens with one attached hydrogen (secondary N) is 2. The fourth-order valence-electron chi connectivity index (χ4n) is 3.56. The molecule has 0 aromatic heterocycles. The highest BCUT2D eigenvalue weighted by molar-refractivity contribution is 7.90. The van der Waals surface area contributed by atoms with Crippen molar-refractivity contribution in [2.45, 2.75) is 56.6 Å². The third-order valence-corrected chi connectivity index (χ3v) is 5.87. The van der Waals surface area contributed by atoms with Crippen molar-refractivity contribution < 1.29 is 17.9 Å². The van der Waals surface area contributed by atoms with Crippen molar-refractivity contribution in [1.82, 2.24) is 0 Å². The van der Waals surface area contributed by atoms with Crippen molar-refractivity contribution in [3.05, 3.63) is 53.6 Å². The third kappa shape index (κ3) is 5.50. The fourth-order valence-corrected chi connectivity index (χ4v) is 4.41. The first-order valence-electron chi connectivity index (χ1n) is 9.71. The number of hydrogen-bond donors (Lipinski definition) is 2. The largest absolute Gasteiger partial charge is 0.444 e. The van der Waals surface area contributed by atoms with Gasteiger partial charge in [0.15, 0.2) is 9.84 Å². The summed E-state index contributed by atoms with van der Waals surface area (Å²) < 4.78 is 29.5. The van der Waals surface area contributed by atoms with Gasteiger partial charge < -0.3 is 10.1 Å². The van der Waals surface area contributed by atoms with Crippen LogP contribution in [0.4, 0.5) is 16.2 Å². The molecular formula is C22H28N2O4S. The highest BCUT2D eigenvalue weighted by Gasteiger charge is 2.23. The van der Waals surface area contributed by atoms with Crippen molar-refractivity contribution >= 4 is 27.3 Å². The third-order valence-electron chi connectivity index (χ3n) is 4.72. The van der Waals surface area contributed by atoms with Crippen molar-refractivity contribution in [2.24, 2.45) is 0 Å². The molecule has 29 heavy (non-hydrogen) atoms. The first-order chi connectivity index (χ1) is 13.5. The number of benzene rings is 2. The molecule has 1 atom stereocenters. The molecule has 6 nitrogen and oxygen atoms in total. The van der Waals surface area contributed by atoms with Crippen molar-refractivity contribution in [1.29, 1.82) is 0 Å². The Hall–Kier alpha value is -2.54. The van der Waals surface area contributed by atoms with Crippen LogP contribution in [0.1, 0.15) is 50.8 Å². The molecule has 1 aliphatic rings. The lowest BCUT2D eigenvalue weighted by Crippen LogP contribution is -2.27. The molecule has 0 fully saturated rings. The molecule has 2 N–H and O–H groups in total. The normalized spacial score (nSPS) is 16.6. The maximum atomic E-state index is 12.1. The lowest BCUT2D eigenvalue weighted by Gasteiger charge is -2.28. The second kappa shape index (κ2) is 8.06. The van der Waals surface area contributed by atoms with E-state index in [1.54, 1.807) is 18.2 Å². The molecule has 3 rings (SSSR count). The second-order valence-electron chi connectivity index (χ2n) is 8.40. The van der Waals surface area contributed by atoms with Crippen LogP contribution in [-0.4, -0.2) is 26.4 Å². The molecule has 0 saturated carbocycles. The Kier molecular flexibility index (Phi) is 5.89. The summed E-state index contributed by atoms with van der Waals surface area (Å²) in [5.74, 6) is 0. The van der Waals surface area contributed by atoms with E-state index in [9.17, 15) is 13.2 Å². The Morgan fingerprint density at radius 2 is 1.86 bits per heavy atom. The molecule has 2 aromatic rings. The Labute approximate surface area is 172 Å². The highest BCUT2D eigenvalue weighted by atomic mass is 32.2. The van der Waals surface area contributed by atoms with E-state index in [0.29, 0.717) is 16.3 Å². The van der Waals surface area contributed by atoms with Gasteiger partial charge in [-0.1, -0.05) is 18.2 Å². The first kappa shape index (κ1) is 21.2. The zero-order chi connectivity index (χ0) is 21.2. The fraction of sp³-hybridized carbons (Fsp3) is 0.409. The standard InChI is InChI=1S/C22H28N2O4S/c1-22(2,3)28-21(25)23-16-12-13-17-15(14-16)8-7-10-18(17)24-19-9-5-6-11-20(19)29(4,26)27/h5-6,9,11-14,18,24H,7-8,10H2,1-4H3,(H,23,25). The molecule has 0 spiro atoms. The van der Waals surface area contributed by atoms with Gasteiger partial charge in [0, 0.05) is 11.9 Å². The van der Waals surface area contributed by atoms with Crippen LogP contribution in [0, 0.1) is 0 Å². The predicted molar refractivity (Wildman–Crippen MR) is 115 cm³/mol. The van der Waals surface area contributed by atoms with Crippen molar-refractivity contribution in [3.63, 3.8) is 0 Å². The van der Waals surface area contributed by atoms with E-state index in [1.807, 2.05) is 45.0 Å². The van der Waals surface area contributed by atoms with Crippen LogP contribution < -0.4 is 10.6 Å². The van der Waals surface area contributed by atoms with Gasteiger partial charge in [0.1, 0.15) is 5.60 Å². The Bertz CT molecular complexity index is 1010.